The fourth-order valence-corrected chi connectivity index (χ4v) is 3.63. The second-order valence-electron chi connectivity index (χ2n) is 3.55. The molecule has 0 spiro atoms. The Bertz CT molecular complexity index is 722. The van der Waals surface area contributed by atoms with Crippen molar-refractivity contribution in [3.8, 4) is 0 Å². The molecule has 0 amide bonds. The van der Waals surface area contributed by atoms with Gasteiger partial charge >= 0.3 is 0 Å². The molecule has 0 unspecified atom stereocenters. The number of anilines is 1. The minimum Gasteiger partial charge on any atom is -0.279 e. The van der Waals surface area contributed by atoms with Gasteiger partial charge in [0.2, 0.25) is 0 Å². The van der Waals surface area contributed by atoms with E-state index in [4.69, 9.17) is 23.2 Å². The monoisotopic (exact) mass is 380 g/mol. The first-order chi connectivity index (χ1) is 8.88. The highest BCUT2D eigenvalue weighted by atomic mass is 79.9. The van der Waals surface area contributed by atoms with Gasteiger partial charge in [-0.1, -0.05) is 39.1 Å². The normalized spacial score (nSPS) is 11.3. The maximum absolute atomic E-state index is 12.2. The molecule has 0 saturated heterocycles. The molecule has 4 nitrogen and oxygen atoms in total. The maximum Gasteiger partial charge on any atom is 0.263 e. The smallest absolute Gasteiger partial charge is 0.263 e. The molecule has 0 aliphatic rings. The summed E-state index contributed by atoms with van der Waals surface area (Å²) >= 11 is 14.8. The van der Waals surface area contributed by atoms with Gasteiger partial charge in [0.1, 0.15) is 10.0 Å². The summed E-state index contributed by atoms with van der Waals surface area (Å²) in [6, 6.07) is 7.43. The quantitative estimate of drug-likeness (QED) is 0.818. The van der Waals surface area contributed by atoms with E-state index >= 15 is 0 Å². The van der Waals surface area contributed by atoms with Crippen LogP contribution in [0.4, 0.5) is 5.69 Å². The van der Waals surface area contributed by atoms with Crippen LogP contribution in [0.15, 0.2) is 45.9 Å². The summed E-state index contributed by atoms with van der Waals surface area (Å²) in [6.07, 6.45) is 1.41. The predicted molar refractivity (Wildman–Crippen MR) is 79.2 cm³/mol. The van der Waals surface area contributed by atoms with Crippen LogP contribution in [0.25, 0.3) is 0 Å². The van der Waals surface area contributed by atoms with Gasteiger partial charge in [0, 0.05) is 10.7 Å². The Hall–Kier alpha value is -0.820. The van der Waals surface area contributed by atoms with Crippen LogP contribution >= 0.6 is 39.1 Å². The molecule has 1 aromatic carbocycles. The van der Waals surface area contributed by atoms with E-state index in [1.54, 1.807) is 6.07 Å². The molecule has 0 aliphatic carbocycles. The number of aromatic nitrogens is 1. The summed E-state index contributed by atoms with van der Waals surface area (Å²) in [6.45, 7) is 0. The summed E-state index contributed by atoms with van der Waals surface area (Å²) < 4.78 is 27.4. The Kier molecular flexibility index (Phi) is 4.35. The zero-order chi connectivity index (χ0) is 14.0. The first-order valence-corrected chi connectivity index (χ1v) is 8.01. The molecule has 2 rings (SSSR count). The van der Waals surface area contributed by atoms with Crippen molar-refractivity contribution >= 4 is 54.8 Å². The average Bonchev–Trinajstić information content (AvgIpc) is 2.27. The van der Waals surface area contributed by atoms with E-state index in [1.807, 2.05) is 0 Å². The molecule has 1 N–H and O–H groups in total. The molecule has 0 fully saturated rings. The summed E-state index contributed by atoms with van der Waals surface area (Å²) in [4.78, 5) is 3.76. The zero-order valence-electron chi connectivity index (χ0n) is 9.27. The van der Waals surface area contributed by atoms with Crippen LogP contribution in [0, 0.1) is 0 Å². The molecule has 1 heterocycles. The van der Waals surface area contributed by atoms with E-state index in [0.29, 0.717) is 10.2 Å². The standard InChI is InChI=1S/C11H7BrCl2N2O2S/c12-7-1-2-10(9(13)5-7)19(17,18)16-8-3-4-15-11(14)6-8/h1-6H,(H,15,16). The van der Waals surface area contributed by atoms with Gasteiger partial charge < -0.3 is 0 Å². The number of benzene rings is 1. The van der Waals surface area contributed by atoms with Gasteiger partial charge in [-0.3, -0.25) is 4.72 Å². The number of rotatable bonds is 3. The largest absolute Gasteiger partial charge is 0.279 e. The fraction of sp³-hybridized carbons (Fsp3) is 0. The zero-order valence-corrected chi connectivity index (χ0v) is 13.2. The van der Waals surface area contributed by atoms with Gasteiger partial charge in [-0.15, -0.1) is 0 Å². The number of nitrogens with zero attached hydrogens (tertiary/aromatic N) is 1. The van der Waals surface area contributed by atoms with Crippen molar-refractivity contribution in [1.82, 2.24) is 4.98 Å². The summed E-state index contributed by atoms with van der Waals surface area (Å²) in [7, 11) is -3.77. The van der Waals surface area contributed by atoms with Crippen molar-refractivity contribution in [2.24, 2.45) is 0 Å². The van der Waals surface area contributed by atoms with E-state index in [1.165, 1.54) is 30.5 Å². The molecule has 0 saturated carbocycles. The Morgan fingerprint density at radius 1 is 1.16 bits per heavy atom. The molecule has 0 bridgehead atoms. The van der Waals surface area contributed by atoms with E-state index in [-0.39, 0.29) is 15.1 Å². The highest BCUT2D eigenvalue weighted by molar-refractivity contribution is 9.10. The minimum atomic E-state index is -3.77. The van der Waals surface area contributed by atoms with Gasteiger partial charge in [-0.25, -0.2) is 13.4 Å². The molecular weight excluding hydrogens is 375 g/mol. The van der Waals surface area contributed by atoms with Gasteiger partial charge in [-0.2, -0.15) is 0 Å². The van der Waals surface area contributed by atoms with Crippen LogP contribution in [0.5, 0.6) is 0 Å². The molecule has 100 valence electrons. The SMILES string of the molecule is O=S(=O)(Nc1ccnc(Cl)c1)c1ccc(Br)cc1Cl. The Morgan fingerprint density at radius 2 is 1.89 bits per heavy atom. The van der Waals surface area contributed by atoms with Crippen LogP contribution in [0.3, 0.4) is 0 Å². The van der Waals surface area contributed by atoms with E-state index in [9.17, 15) is 8.42 Å². The summed E-state index contributed by atoms with van der Waals surface area (Å²) in [5.74, 6) is 0. The van der Waals surface area contributed by atoms with Gasteiger partial charge in [0.15, 0.2) is 0 Å². The van der Waals surface area contributed by atoms with Crippen molar-refractivity contribution in [2.75, 3.05) is 4.72 Å². The third-order valence-electron chi connectivity index (χ3n) is 2.16. The lowest BCUT2D eigenvalue weighted by atomic mass is 10.4. The molecule has 0 atom stereocenters. The second kappa shape index (κ2) is 5.66. The Morgan fingerprint density at radius 3 is 2.53 bits per heavy atom. The van der Waals surface area contributed by atoms with Crippen LogP contribution in [-0.4, -0.2) is 13.4 Å². The third-order valence-corrected chi connectivity index (χ3v) is 4.73. The number of halogens is 3. The minimum absolute atomic E-state index is 0.00898. The van der Waals surface area contributed by atoms with Crippen molar-refractivity contribution in [2.45, 2.75) is 4.90 Å². The van der Waals surface area contributed by atoms with Crippen molar-refractivity contribution in [3.63, 3.8) is 0 Å². The molecule has 2 aromatic rings. The second-order valence-corrected chi connectivity index (χ2v) is 6.91. The van der Waals surface area contributed by atoms with Crippen molar-refractivity contribution < 1.29 is 8.42 Å². The number of nitrogens with one attached hydrogen (secondary N) is 1. The summed E-state index contributed by atoms with van der Waals surface area (Å²) in [5, 5.41) is 0.323. The van der Waals surface area contributed by atoms with E-state index in [2.05, 4.69) is 25.6 Å². The lowest BCUT2D eigenvalue weighted by Gasteiger charge is -2.09. The lowest BCUT2D eigenvalue weighted by Crippen LogP contribution is -2.13. The lowest BCUT2D eigenvalue weighted by molar-refractivity contribution is 0.601. The average molecular weight is 382 g/mol. The van der Waals surface area contributed by atoms with Crippen LogP contribution in [-0.2, 0) is 10.0 Å². The molecule has 0 aliphatic heterocycles. The third kappa shape index (κ3) is 3.60. The van der Waals surface area contributed by atoms with Crippen molar-refractivity contribution in [1.29, 1.82) is 0 Å². The topological polar surface area (TPSA) is 59.1 Å². The summed E-state index contributed by atoms with van der Waals surface area (Å²) in [5.41, 5.74) is 0.319. The van der Waals surface area contributed by atoms with Gasteiger partial charge in [0.25, 0.3) is 10.0 Å². The fourth-order valence-electron chi connectivity index (χ4n) is 1.37. The van der Waals surface area contributed by atoms with Crippen LogP contribution < -0.4 is 4.72 Å². The van der Waals surface area contributed by atoms with Crippen LogP contribution in [0.2, 0.25) is 10.2 Å². The molecule has 0 radical (unpaired) electrons. The van der Waals surface area contributed by atoms with Crippen LogP contribution in [0.1, 0.15) is 0 Å². The number of hydrogen-bond acceptors (Lipinski definition) is 3. The number of hydrogen-bond donors (Lipinski definition) is 1. The number of pyridine rings is 1. The van der Waals surface area contributed by atoms with E-state index < -0.39 is 10.0 Å². The number of sulfonamides is 1. The maximum atomic E-state index is 12.2. The Labute approximate surface area is 128 Å². The highest BCUT2D eigenvalue weighted by Crippen LogP contribution is 2.27. The Balaban J connectivity index is 2.38. The van der Waals surface area contributed by atoms with E-state index in [0.717, 1.165) is 0 Å². The molecular formula is C11H7BrCl2N2O2S. The molecule has 1 aromatic heterocycles. The van der Waals surface area contributed by atoms with Crippen molar-refractivity contribution in [3.05, 3.63) is 51.2 Å². The molecule has 19 heavy (non-hydrogen) atoms. The first kappa shape index (κ1) is 14.6. The van der Waals surface area contributed by atoms with Gasteiger partial charge in [-0.05, 0) is 30.3 Å². The highest BCUT2D eigenvalue weighted by Gasteiger charge is 2.18. The van der Waals surface area contributed by atoms with Gasteiger partial charge in [0.05, 0.1) is 10.7 Å². The predicted octanol–water partition coefficient (Wildman–Crippen LogP) is 3.95. The first-order valence-electron chi connectivity index (χ1n) is 4.98. The molecule has 8 heteroatoms.